The highest BCUT2D eigenvalue weighted by atomic mass is 16.5. The van der Waals surface area contributed by atoms with Crippen LogP contribution in [0.2, 0.25) is 0 Å². The van der Waals surface area contributed by atoms with E-state index in [4.69, 9.17) is 4.74 Å². The minimum absolute atomic E-state index is 0.0111. The number of amides is 3. The fraction of sp³-hybridized carbons (Fsp3) is 0.571. The van der Waals surface area contributed by atoms with Gasteiger partial charge in [-0.05, 0) is 37.1 Å². The van der Waals surface area contributed by atoms with Crippen molar-refractivity contribution >= 4 is 17.7 Å². The molecule has 8 heteroatoms. The van der Waals surface area contributed by atoms with E-state index in [9.17, 15) is 14.4 Å². The van der Waals surface area contributed by atoms with Crippen molar-refractivity contribution in [2.75, 3.05) is 26.7 Å². The monoisotopic (exact) mass is 398 g/mol. The zero-order valence-corrected chi connectivity index (χ0v) is 16.6. The number of fused-ring (bicyclic) bond motifs is 1. The molecule has 2 N–H and O–H groups in total. The Morgan fingerprint density at radius 2 is 2.10 bits per heavy atom. The van der Waals surface area contributed by atoms with Gasteiger partial charge in [0.05, 0.1) is 12.2 Å². The predicted octanol–water partition coefficient (Wildman–Crippen LogP) is 0.0103. The van der Waals surface area contributed by atoms with Crippen molar-refractivity contribution in [3.63, 3.8) is 0 Å². The van der Waals surface area contributed by atoms with Crippen LogP contribution in [-0.4, -0.2) is 72.0 Å². The van der Waals surface area contributed by atoms with E-state index in [2.05, 4.69) is 21.6 Å². The molecule has 1 aromatic rings. The number of carbonyl (C=O) groups is 3. The van der Waals surface area contributed by atoms with Gasteiger partial charge < -0.3 is 15.0 Å². The van der Waals surface area contributed by atoms with Gasteiger partial charge in [-0.2, -0.15) is 0 Å². The van der Waals surface area contributed by atoms with Crippen LogP contribution in [-0.2, 0) is 27.4 Å². The number of imide groups is 1. The molecule has 0 aromatic heterocycles. The van der Waals surface area contributed by atoms with Gasteiger partial charge in [0.25, 0.3) is 5.91 Å². The second kappa shape index (κ2) is 6.90. The summed E-state index contributed by atoms with van der Waals surface area (Å²) in [5.41, 5.74) is 2.71. The molecule has 3 fully saturated rings. The molecule has 0 radical (unpaired) electrons. The molecule has 8 nitrogen and oxygen atoms in total. The van der Waals surface area contributed by atoms with Crippen LogP contribution in [0.3, 0.4) is 0 Å². The number of likely N-dealkylation sites (tertiary alicyclic amines) is 1. The number of nitrogens with one attached hydrogen (secondary N) is 2. The van der Waals surface area contributed by atoms with Crippen molar-refractivity contribution < 1.29 is 19.1 Å². The quantitative estimate of drug-likeness (QED) is 0.695. The van der Waals surface area contributed by atoms with Crippen LogP contribution >= 0.6 is 0 Å². The highest BCUT2D eigenvalue weighted by Crippen LogP contribution is 2.36. The lowest BCUT2D eigenvalue weighted by Crippen LogP contribution is -2.61. The first-order valence-electron chi connectivity index (χ1n) is 10.3. The van der Waals surface area contributed by atoms with Crippen molar-refractivity contribution in [1.29, 1.82) is 0 Å². The van der Waals surface area contributed by atoms with Gasteiger partial charge >= 0.3 is 0 Å². The summed E-state index contributed by atoms with van der Waals surface area (Å²) >= 11 is 0. The number of ether oxygens (including phenoxy) is 1. The Labute approximate surface area is 169 Å². The van der Waals surface area contributed by atoms with Gasteiger partial charge in [-0.25, -0.2) is 0 Å². The zero-order valence-electron chi connectivity index (χ0n) is 16.6. The Kier molecular flexibility index (Phi) is 4.45. The molecular formula is C21H26N4O4. The van der Waals surface area contributed by atoms with Crippen LogP contribution in [0.4, 0.5) is 0 Å². The Morgan fingerprint density at radius 3 is 2.83 bits per heavy atom. The van der Waals surface area contributed by atoms with Gasteiger partial charge in [0, 0.05) is 44.2 Å². The van der Waals surface area contributed by atoms with Gasteiger partial charge in [-0.3, -0.25) is 24.6 Å². The highest BCUT2D eigenvalue weighted by molar-refractivity contribution is 6.05. The van der Waals surface area contributed by atoms with Gasteiger partial charge in [0.1, 0.15) is 6.04 Å². The van der Waals surface area contributed by atoms with Crippen molar-refractivity contribution in [3.8, 4) is 0 Å². The van der Waals surface area contributed by atoms with Gasteiger partial charge in [0.2, 0.25) is 11.8 Å². The number of hydrogen-bond donors (Lipinski definition) is 2. The fourth-order valence-electron chi connectivity index (χ4n) is 5.09. The number of hydrogen-bond acceptors (Lipinski definition) is 6. The number of benzene rings is 1. The van der Waals surface area contributed by atoms with E-state index in [1.807, 2.05) is 19.2 Å². The smallest absolute Gasteiger partial charge is 0.255 e. The number of piperidine rings is 1. The molecule has 3 amide bonds. The van der Waals surface area contributed by atoms with E-state index in [1.54, 1.807) is 4.90 Å². The Morgan fingerprint density at radius 1 is 1.28 bits per heavy atom. The molecule has 0 bridgehead atoms. The largest absolute Gasteiger partial charge is 0.371 e. The lowest BCUT2D eigenvalue weighted by Gasteiger charge is -2.47. The SMILES string of the molecule is CNC1COC2(C1)CN(Cc1ccc3c(c1)C(=O)N(C1CCC(=O)NC1=O)C3)C2. The van der Waals surface area contributed by atoms with Crippen LogP contribution in [0, 0.1) is 0 Å². The molecule has 3 saturated heterocycles. The minimum atomic E-state index is -0.564. The molecule has 0 aliphatic carbocycles. The van der Waals surface area contributed by atoms with Crippen LogP contribution in [0.5, 0.6) is 0 Å². The van der Waals surface area contributed by atoms with E-state index in [0.29, 0.717) is 24.6 Å². The van der Waals surface area contributed by atoms with E-state index >= 15 is 0 Å². The number of rotatable bonds is 4. The number of carbonyl (C=O) groups excluding carboxylic acids is 3. The van der Waals surface area contributed by atoms with E-state index in [-0.39, 0.29) is 29.7 Å². The molecule has 5 rings (SSSR count). The van der Waals surface area contributed by atoms with Gasteiger partial charge in [0.15, 0.2) is 0 Å². The third-order valence-electron chi connectivity index (χ3n) is 6.64. The summed E-state index contributed by atoms with van der Waals surface area (Å²) in [5.74, 6) is -0.755. The molecule has 29 heavy (non-hydrogen) atoms. The molecule has 4 heterocycles. The third-order valence-corrected chi connectivity index (χ3v) is 6.64. The second-order valence-electron chi connectivity index (χ2n) is 8.72. The first kappa shape index (κ1) is 18.7. The fourth-order valence-corrected chi connectivity index (χ4v) is 5.09. The number of nitrogens with zero attached hydrogens (tertiary/aromatic N) is 2. The highest BCUT2D eigenvalue weighted by Gasteiger charge is 2.49. The standard InChI is InChI=1S/C21H26N4O4/c1-22-15-7-21(29-10-15)11-24(12-21)8-13-2-3-14-9-25(20(28)16(14)6-13)17-4-5-18(26)23-19(17)27/h2-3,6,15,17,22H,4-5,7-12H2,1H3,(H,23,26,27). The predicted molar refractivity (Wildman–Crippen MR) is 104 cm³/mol. The van der Waals surface area contributed by atoms with Crippen molar-refractivity contribution in [1.82, 2.24) is 20.4 Å². The number of likely N-dealkylation sites (N-methyl/N-ethyl adjacent to an activating group) is 1. The normalized spacial score (nSPS) is 28.6. The molecule has 4 aliphatic heterocycles. The minimum Gasteiger partial charge on any atom is -0.371 e. The summed E-state index contributed by atoms with van der Waals surface area (Å²) in [6, 6.07) is 5.89. The summed E-state index contributed by atoms with van der Waals surface area (Å²) in [5, 5.41) is 5.63. The molecule has 0 saturated carbocycles. The second-order valence-corrected chi connectivity index (χ2v) is 8.72. The Hall–Kier alpha value is -2.29. The summed E-state index contributed by atoms with van der Waals surface area (Å²) in [6.07, 6.45) is 1.71. The van der Waals surface area contributed by atoms with Gasteiger partial charge in [-0.1, -0.05) is 12.1 Å². The maximum absolute atomic E-state index is 12.9. The lowest BCUT2D eigenvalue weighted by molar-refractivity contribution is -0.136. The van der Waals surface area contributed by atoms with Crippen LogP contribution in [0.25, 0.3) is 0 Å². The van der Waals surface area contributed by atoms with E-state index in [1.165, 1.54) is 0 Å². The molecular weight excluding hydrogens is 372 g/mol. The first-order valence-corrected chi connectivity index (χ1v) is 10.3. The molecule has 1 aromatic carbocycles. The Balaban J connectivity index is 1.23. The van der Waals surface area contributed by atoms with Crippen molar-refractivity contribution in [3.05, 3.63) is 34.9 Å². The summed E-state index contributed by atoms with van der Waals surface area (Å²) in [6.45, 7) is 3.81. The van der Waals surface area contributed by atoms with Crippen LogP contribution in [0.1, 0.15) is 40.7 Å². The maximum Gasteiger partial charge on any atom is 0.255 e. The zero-order chi connectivity index (χ0) is 20.2. The van der Waals surface area contributed by atoms with E-state index < -0.39 is 6.04 Å². The Bertz CT molecular complexity index is 879. The third kappa shape index (κ3) is 3.25. The first-order chi connectivity index (χ1) is 14.0. The lowest BCUT2D eigenvalue weighted by atomic mass is 9.89. The average molecular weight is 398 g/mol. The molecule has 1 spiro atoms. The topological polar surface area (TPSA) is 91.0 Å². The summed E-state index contributed by atoms with van der Waals surface area (Å²) in [7, 11) is 1.98. The van der Waals surface area contributed by atoms with Crippen molar-refractivity contribution in [2.24, 2.45) is 0 Å². The summed E-state index contributed by atoms with van der Waals surface area (Å²) in [4.78, 5) is 40.4. The molecule has 4 aliphatic rings. The van der Waals surface area contributed by atoms with Crippen molar-refractivity contribution in [2.45, 2.75) is 50.0 Å². The average Bonchev–Trinajstić information content (AvgIpc) is 3.24. The summed E-state index contributed by atoms with van der Waals surface area (Å²) < 4.78 is 6.01. The maximum atomic E-state index is 12.9. The van der Waals surface area contributed by atoms with E-state index in [0.717, 1.165) is 43.8 Å². The molecule has 154 valence electrons. The van der Waals surface area contributed by atoms with Crippen LogP contribution in [0.15, 0.2) is 18.2 Å². The van der Waals surface area contributed by atoms with Gasteiger partial charge in [-0.15, -0.1) is 0 Å². The molecule has 2 atom stereocenters. The molecule has 2 unspecified atom stereocenters. The van der Waals surface area contributed by atoms with Crippen LogP contribution < -0.4 is 10.6 Å².